The molecule has 120 valence electrons. The second kappa shape index (κ2) is 7.30. The molecule has 1 aromatic heterocycles. The van der Waals surface area contributed by atoms with Gasteiger partial charge in [-0.2, -0.15) is 0 Å². The third-order valence-electron chi connectivity index (χ3n) is 5.18. The first kappa shape index (κ1) is 15.6. The van der Waals surface area contributed by atoms with E-state index in [1.165, 1.54) is 42.3 Å². The highest BCUT2D eigenvalue weighted by Gasteiger charge is 2.25. The zero-order valence-corrected chi connectivity index (χ0v) is 13.7. The van der Waals surface area contributed by atoms with Crippen molar-refractivity contribution in [1.82, 2.24) is 9.88 Å². The molecule has 1 aliphatic rings. The average Bonchev–Trinajstić information content (AvgIpc) is 2.96. The molecule has 1 fully saturated rings. The summed E-state index contributed by atoms with van der Waals surface area (Å²) >= 11 is 0. The lowest BCUT2D eigenvalue weighted by Crippen LogP contribution is -2.47. The molecule has 0 bridgehead atoms. The predicted molar refractivity (Wildman–Crippen MR) is 94.1 cm³/mol. The van der Waals surface area contributed by atoms with Gasteiger partial charge in [0.1, 0.15) is 0 Å². The lowest BCUT2D eigenvalue weighted by molar-refractivity contribution is 0.148. The average molecular weight is 299 g/mol. The number of nitrogens with two attached hydrogens (primary N) is 1. The van der Waals surface area contributed by atoms with Crippen molar-refractivity contribution in [2.75, 3.05) is 19.6 Å². The Labute approximate surface area is 133 Å². The van der Waals surface area contributed by atoms with Crippen LogP contribution in [0.4, 0.5) is 0 Å². The summed E-state index contributed by atoms with van der Waals surface area (Å²) in [6.45, 7) is 5.76. The van der Waals surface area contributed by atoms with E-state index in [2.05, 4.69) is 47.3 Å². The highest BCUT2D eigenvalue weighted by molar-refractivity contribution is 5.83. The Hall–Kier alpha value is -1.32. The van der Waals surface area contributed by atoms with Crippen molar-refractivity contribution in [3.05, 3.63) is 36.0 Å². The Morgan fingerprint density at radius 3 is 3.05 bits per heavy atom. The van der Waals surface area contributed by atoms with Crippen LogP contribution in [0.2, 0.25) is 0 Å². The van der Waals surface area contributed by atoms with E-state index in [4.69, 9.17) is 5.73 Å². The number of aromatic amines is 1. The molecular formula is C19H29N3. The number of hydrogen-bond acceptors (Lipinski definition) is 2. The number of piperidine rings is 1. The largest absolute Gasteiger partial charge is 0.361 e. The van der Waals surface area contributed by atoms with Gasteiger partial charge in [-0.15, -0.1) is 0 Å². The molecule has 22 heavy (non-hydrogen) atoms. The SMILES string of the molecule is CCCC[C@H]1CN(CCc2c[nH]c3ccccc23)CC[C@H]1N. The van der Waals surface area contributed by atoms with Crippen LogP contribution < -0.4 is 5.73 Å². The minimum absolute atomic E-state index is 0.413. The molecule has 3 rings (SSSR count). The first-order chi connectivity index (χ1) is 10.8. The third-order valence-corrected chi connectivity index (χ3v) is 5.18. The molecule has 2 aromatic rings. The maximum absolute atomic E-state index is 6.32. The van der Waals surface area contributed by atoms with Crippen LogP contribution in [0.3, 0.4) is 0 Å². The molecule has 0 aliphatic carbocycles. The van der Waals surface area contributed by atoms with Crippen molar-refractivity contribution >= 4 is 10.9 Å². The van der Waals surface area contributed by atoms with Crippen LogP contribution in [0.15, 0.2) is 30.5 Å². The maximum Gasteiger partial charge on any atom is 0.0456 e. The molecular weight excluding hydrogens is 270 g/mol. The van der Waals surface area contributed by atoms with Gasteiger partial charge in [0.25, 0.3) is 0 Å². The van der Waals surface area contributed by atoms with Crippen molar-refractivity contribution in [3.63, 3.8) is 0 Å². The van der Waals surface area contributed by atoms with Crippen molar-refractivity contribution in [3.8, 4) is 0 Å². The summed E-state index contributed by atoms with van der Waals surface area (Å²) in [5, 5.41) is 1.37. The molecule has 0 amide bonds. The van der Waals surface area contributed by atoms with Gasteiger partial charge in [-0.3, -0.25) is 0 Å². The van der Waals surface area contributed by atoms with E-state index in [1.54, 1.807) is 0 Å². The van der Waals surface area contributed by atoms with Gasteiger partial charge in [0.2, 0.25) is 0 Å². The number of hydrogen-bond donors (Lipinski definition) is 2. The summed E-state index contributed by atoms with van der Waals surface area (Å²) < 4.78 is 0. The fraction of sp³-hybridized carbons (Fsp3) is 0.579. The fourth-order valence-electron chi connectivity index (χ4n) is 3.72. The zero-order chi connectivity index (χ0) is 15.4. The molecule has 3 heteroatoms. The van der Waals surface area contributed by atoms with Crippen LogP contribution in [0.25, 0.3) is 10.9 Å². The summed E-state index contributed by atoms with van der Waals surface area (Å²) in [5.74, 6) is 0.691. The quantitative estimate of drug-likeness (QED) is 0.857. The van der Waals surface area contributed by atoms with E-state index in [0.717, 1.165) is 25.9 Å². The normalized spacial score (nSPS) is 23.2. The molecule has 2 atom stereocenters. The molecule has 0 saturated carbocycles. The topological polar surface area (TPSA) is 45.0 Å². The highest BCUT2D eigenvalue weighted by Crippen LogP contribution is 2.23. The number of unbranched alkanes of at least 4 members (excludes halogenated alkanes) is 1. The van der Waals surface area contributed by atoms with Gasteiger partial charge in [-0.25, -0.2) is 0 Å². The van der Waals surface area contributed by atoms with Gasteiger partial charge in [-0.05, 0) is 43.4 Å². The standard InChI is InChI=1S/C19H29N3/c1-2-3-6-16-14-22(12-10-18(16)20)11-9-15-13-21-19-8-5-4-7-17(15)19/h4-5,7-8,13,16,18,21H,2-3,6,9-12,14,20H2,1H3/t16-,18+/m0/s1. The van der Waals surface area contributed by atoms with Crippen LogP contribution >= 0.6 is 0 Å². The summed E-state index contributed by atoms with van der Waals surface area (Å²) in [4.78, 5) is 6.00. The van der Waals surface area contributed by atoms with Gasteiger partial charge < -0.3 is 15.6 Å². The van der Waals surface area contributed by atoms with E-state index in [9.17, 15) is 0 Å². The van der Waals surface area contributed by atoms with Gasteiger partial charge in [0, 0.05) is 36.2 Å². The number of rotatable bonds is 6. The first-order valence-electron chi connectivity index (χ1n) is 8.81. The number of aromatic nitrogens is 1. The van der Waals surface area contributed by atoms with Gasteiger partial charge in [-0.1, -0.05) is 38.0 Å². The predicted octanol–water partition coefficient (Wildman–Crippen LogP) is 3.55. The van der Waals surface area contributed by atoms with Crippen molar-refractivity contribution in [1.29, 1.82) is 0 Å². The second-order valence-electron chi connectivity index (χ2n) is 6.76. The van der Waals surface area contributed by atoms with Crippen LogP contribution in [0.1, 0.15) is 38.2 Å². The molecule has 0 spiro atoms. The van der Waals surface area contributed by atoms with E-state index in [0.29, 0.717) is 12.0 Å². The summed E-state index contributed by atoms with van der Waals surface area (Å²) in [7, 11) is 0. The fourth-order valence-corrected chi connectivity index (χ4v) is 3.72. The number of likely N-dealkylation sites (tertiary alicyclic amines) is 1. The van der Waals surface area contributed by atoms with E-state index in [-0.39, 0.29) is 0 Å². The summed E-state index contributed by atoms with van der Waals surface area (Å²) in [6.07, 6.45) is 8.34. The van der Waals surface area contributed by atoms with Crippen LogP contribution in [-0.2, 0) is 6.42 Å². The Bertz CT molecular complexity index is 589. The monoisotopic (exact) mass is 299 g/mol. The molecule has 0 radical (unpaired) electrons. The Morgan fingerprint density at radius 2 is 2.18 bits per heavy atom. The lowest BCUT2D eigenvalue weighted by atomic mass is 9.88. The van der Waals surface area contributed by atoms with Crippen molar-refractivity contribution < 1.29 is 0 Å². The van der Waals surface area contributed by atoms with E-state index in [1.807, 2.05) is 0 Å². The highest BCUT2D eigenvalue weighted by atomic mass is 15.1. The maximum atomic E-state index is 6.32. The molecule has 2 heterocycles. The van der Waals surface area contributed by atoms with E-state index < -0.39 is 0 Å². The lowest BCUT2D eigenvalue weighted by Gasteiger charge is -2.37. The minimum atomic E-state index is 0.413. The van der Waals surface area contributed by atoms with Crippen molar-refractivity contribution in [2.45, 2.75) is 45.1 Å². The second-order valence-corrected chi connectivity index (χ2v) is 6.76. The Balaban J connectivity index is 1.57. The number of benzene rings is 1. The zero-order valence-electron chi connectivity index (χ0n) is 13.7. The first-order valence-corrected chi connectivity index (χ1v) is 8.81. The Kier molecular flexibility index (Phi) is 5.16. The summed E-state index contributed by atoms with van der Waals surface area (Å²) in [6, 6.07) is 9.00. The van der Waals surface area contributed by atoms with E-state index >= 15 is 0 Å². The van der Waals surface area contributed by atoms with Gasteiger partial charge >= 0.3 is 0 Å². The number of nitrogens with one attached hydrogen (secondary N) is 1. The van der Waals surface area contributed by atoms with Crippen LogP contribution in [-0.4, -0.2) is 35.6 Å². The molecule has 0 unspecified atom stereocenters. The molecule has 3 nitrogen and oxygen atoms in total. The van der Waals surface area contributed by atoms with Crippen LogP contribution in [0, 0.1) is 5.92 Å². The van der Waals surface area contributed by atoms with Gasteiger partial charge in [0.15, 0.2) is 0 Å². The van der Waals surface area contributed by atoms with Crippen molar-refractivity contribution in [2.24, 2.45) is 11.7 Å². The number of para-hydroxylation sites is 1. The number of nitrogens with zero attached hydrogens (tertiary/aromatic N) is 1. The number of fused-ring (bicyclic) bond motifs is 1. The molecule has 1 saturated heterocycles. The molecule has 1 aliphatic heterocycles. The number of H-pyrrole nitrogens is 1. The summed E-state index contributed by atoms with van der Waals surface area (Å²) in [5.41, 5.74) is 9.00. The third kappa shape index (κ3) is 3.53. The Morgan fingerprint density at radius 1 is 1.32 bits per heavy atom. The minimum Gasteiger partial charge on any atom is -0.361 e. The molecule has 1 aromatic carbocycles. The smallest absolute Gasteiger partial charge is 0.0456 e. The van der Waals surface area contributed by atoms with Crippen LogP contribution in [0.5, 0.6) is 0 Å². The van der Waals surface area contributed by atoms with Gasteiger partial charge in [0.05, 0.1) is 0 Å². The molecule has 3 N–H and O–H groups in total.